The van der Waals surface area contributed by atoms with Crippen molar-refractivity contribution < 1.29 is 38.1 Å². The van der Waals surface area contributed by atoms with Crippen molar-refractivity contribution in [3.05, 3.63) is 62.4 Å². The Hall–Kier alpha value is -2.95. The molecular weight excluding hydrogens is 581 g/mol. The van der Waals surface area contributed by atoms with Crippen LogP contribution in [-0.4, -0.2) is 62.3 Å². The molecule has 1 aliphatic carbocycles. The molecule has 4 N–H and O–H groups in total. The second kappa shape index (κ2) is 12.9. The van der Waals surface area contributed by atoms with Crippen LogP contribution >= 0.6 is 19.3 Å². The Balaban J connectivity index is 1.52. The van der Waals surface area contributed by atoms with Gasteiger partial charge < -0.3 is 24.2 Å². The molecule has 2 aliphatic rings. The van der Waals surface area contributed by atoms with Crippen molar-refractivity contribution in [1.82, 2.24) is 14.6 Å². The fraction of sp³-hybridized carbons (Fsp3) is 0.500. The van der Waals surface area contributed by atoms with Crippen LogP contribution in [-0.2, 0) is 23.4 Å². The summed E-state index contributed by atoms with van der Waals surface area (Å²) in [6, 6.07) is 5.73. The Morgan fingerprint density at radius 3 is 2.61 bits per heavy atom. The number of nitrogens with one attached hydrogen (secondary N) is 2. The zero-order chi connectivity index (χ0) is 29.8. The van der Waals surface area contributed by atoms with Crippen LogP contribution in [0.2, 0.25) is 5.02 Å². The molecule has 2 fully saturated rings. The molecule has 6 atom stereocenters. The number of hydrogen-bond acceptors (Lipinski definition) is 10. The number of rotatable bonds is 10. The summed E-state index contributed by atoms with van der Waals surface area (Å²) in [5.74, 6) is 1.45. The molecule has 2 unspecified atom stereocenters. The Morgan fingerprint density at radius 2 is 1.98 bits per heavy atom. The number of terminal acetylenes is 1. The molecule has 0 spiro atoms. The van der Waals surface area contributed by atoms with Crippen LogP contribution in [0.25, 0.3) is 0 Å². The van der Waals surface area contributed by atoms with E-state index in [2.05, 4.69) is 5.09 Å². The maximum absolute atomic E-state index is 13.9. The SMILES string of the molecule is C#C[C@]1(O)C(n2ccc(=O)[nH]c2=O)O[C@H](COP(=O)(N[C@@H](C)C(=O)OC2CCCCC2)Oc2ccc(Cl)cc2)[C@H]1O. The monoisotopic (exact) mass is 611 g/mol. The van der Waals surface area contributed by atoms with Gasteiger partial charge in [-0.2, -0.15) is 5.09 Å². The molecule has 0 bridgehead atoms. The van der Waals surface area contributed by atoms with E-state index >= 15 is 0 Å². The van der Waals surface area contributed by atoms with Crippen LogP contribution < -0.4 is 20.9 Å². The first kappa shape index (κ1) is 31.0. The minimum atomic E-state index is -4.39. The first-order valence-corrected chi connectivity index (χ1v) is 14.9. The summed E-state index contributed by atoms with van der Waals surface area (Å²) in [7, 11) is -4.39. The van der Waals surface area contributed by atoms with Gasteiger partial charge >= 0.3 is 19.4 Å². The average molecular weight is 612 g/mol. The number of hydrogen-bond donors (Lipinski definition) is 4. The normalized spacial score (nSPS) is 27.0. The smallest absolute Gasteiger partial charge is 0.459 e. The quantitative estimate of drug-likeness (QED) is 0.175. The van der Waals surface area contributed by atoms with Crippen molar-refractivity contribution in [1.29, 1.82) is 0 Å². The van der Waals surface area contributed by atoms with E-state index in [-0.39, 0.29) is 11.9 Å². The summed E-state index contributed by atoms with van der Waals surface area (Å²) in [6.45, 7) is 0.769. The van der Waals surface area contributed by atoms with Gasteiger partial charge in [0.2, 0.25) is 0 Å². The topological polar surface area (TPSA) is 178 Å². The highest BCUT2D eigenvalue weighted by Crippen LogP contribution is 2.47. The lowest BCUT2D eigenvalue weighted by atomic mass is 9.95. The van der Waals surface area contributed by atoms with Crippen molar-refractivity contribution in [2.75, 3.05) is 6.61 Å². The van der Waals surface area contributed by atoms with E-state index in [1.807, 2.05) is 10.9 Å². The molecule has 4 rings (SSSR count). The van der Waals surface area contributed by atoms with E-state index in [1.165, 1.54) is 31.2 Å². The zero-order valence-corrected chi connectivity index (χ0v) is 23.8. The molecule has 1 aromatic heterocycles. The van der Waals surface area contributed by atoms with Gasteiger partial charge in [0.25, 0.3) is 5.56 Å². The maximum Gasteiger partial charge on any atom is 0.459 e. The number of halogens is 1. The molecule has 1 aliphatic heterocycles. The largest absolute Gasteiger partial charge is 0.461 e. The van der Waals surface area contributed by atoms with Crippen molar-refractivity contribution >= 4 is 25.3 Å². The molecule has 1 saturated carbocycles. The molecule has 41 heavy (non-hydrogen) atoms. The van der Waals surface area contributed by atoms with Crippen molar-refractivity contribution in [2.45, 2.75) is 75.2 Å². The van der Waals surface area contributed by atoms with E-state index in [0.29, 0.717) is 5.02 Å². The number of aliphatic hydroxyl groups is 2. The predicted octanol–water partition coefficient (Wildman–Crippen LogP) is 1.87. The van der Waals surface area contributed by atoms with Crippen LogP contribution in [0.1, 0.15) is 45.3 Å². The summed E-state index contributed by atoms with van der Waals surface area (Å²) in [5.41, 5.74) is -4.08. The molecule has 0 amide bonds. The standard InChI is InChI=1S/C26H31ClN3O10P/c1-3-26(35)22(32)20(39-24(26)30-14-13-21(31)28-25(30)34)15-37-41(36,40-19-11-9-17(27)10-12-19)29-16(2)23(33)38-18-7-5-4-6-8-18/h1,9-14,16,18,20,22,24,32,35H,4-8,15H2,2H3,(H,29,36)(H,28,31,34)/t16-,20+,22+,24?,26+,41?/m0/s1. The van der Waals surface area contributed by atoms with Gasteiger partial charge in [-0.15, -0.1) is 6.42 Å². The highest BCUT2D eigenvalue weighted by Gasteiger charge is 2.56. The van der Waals surface area contributed by atoms with Crippen LogP contribution in [0.15, 0.2) is 46.1 Å². The summed E-state index contributed by atoms with van der Waals surface area (Å²) in [6.07, 6.45) is 5.84. The molecule has 2 aromatic rings. The fourth-order valence-electron chi connectivity index (χ4n) is 4.58. The number of aromatic nitrogens is 2. The number of ether oxygens (including phenoxy) is 2. The van der Waals surface area contributed by atoms with E-state index in [9.17, 15) is 29.2 Å². The van der Waals surface area contributed by atoms with E-state index < -0.39 is 61.7 Å². The molecule has 15 heteroatoms. The lowest BCUT2D eigenvalue weighted by Gasteiger charge is -2.27. The minimum Gasteiger partial charge on any atom is -0.461 e. The van der Waals surface area contributed by atoms with Gasteiger partial charge in [0, 0.05) is 17.3 Å². The first-order valence-electron chi connectivity index (χ1n) is 13.0. The number of aliphatic hydroxyl groups excluding tert-OH is 1. The second-order valence-electron chi connectivity index (χ2n) is 9.84. The maximum atomic E-state index is 13.9. The molecule has 0 radical (unpaired) electrons. The summed E-state index contributed by atoms with van der Waals surface area (Å²) in [5, 5.41) is 24.8. The van der Waals surface area contributed by atoms with E-state index in [1.54, 1.807) is 0 Å². The third kappa shape index (κ3) is 7.28. The minimum absolute atomic E-state index is 0.0868. The molecule has 222 valence electrons. The number of benzene rings is 1. The molecule has 2 heterocycles. The summed E-state index contributed by atoms with van der Waals surface area (Å²) >= 11 is 5.93. The van der Waals surface area contributed by atoms with Gasteiger partial charge in [-0.1, -0.05) is 23.9 Å². The molecule has 1 saturated heterocycles. The number of esters is 1. The van der Waals surface area contributed by atoms with Crippen LogP contribution in [0, 0.1) is 12.3 Å². The Kier molecular flexibility index (Phi) is 9.77. The van der Waals surface area contributed by atoms with E-state index in [4.69, 9.17) is 36.5 Å². The third-order valence-corrected chi connectivity index (χ3v) is 8.70. The molecule has 13 nitrogen and oxygen atoms in total. The van der Waals surface area contributed by atoms with Crippen LogP contribution in [0.3, 0.4) is 0 Å². The van der Waals surface area contributed by atoms with Crippen molar-refractivity contribution in [3.8, 4) is 18.1 Å². The summed E-state index contributed by atoms with van der Waals surface area (Å²) in [4.78, 5) is 38.6. The second-order valence-corrected chi connectivity index (χ2v) is 12.0. The average Bonchev–Trinajstić information content (AvgIpc) is 3.19. The van der Waals surface area contributed by atoms with Gasteiger partial charge in [0.1, 0.15) is 30.1 Å². The summed E-state index contributed by atoms with van der Waals surface area (Å²) < 4.78 is 37.1. The van der Waals surface area contributed by atoms with Crippen LogP contribution in [0.5, 0.6) is 5.75 Å². The molecule has 1 aromatic carbocycles. The van der Waals surface area contributed by atoms with E-state index in [0.717, 1.165) is 48.9 Å². The fourth-order valence-corrected chi connectivity index (χ4v) is 6.21. The zero-order valence-electron chi connectivity index (χ0n) is 22.1. The van der Waals surface area contributed by atoms with Crippen LogP contribution in [0.4, 0.5) is 0 Å². The Morgan fingerprint density at radius 1 is 1.29 bits per heavy atom. The van der Waals surface area contributed by atoms with Crippen molar-refractivity contribution in [2.24, 2.45) is 0 Å². The highest BCUT2D eigenvalue weighted by molar-refractivity contribution is 7.52. The molecular formula is C26H31ClN3O10P. The highest BCUT2D eigenvalue weighted by atomic mass is 35.5. The number of H-pyrrole nitrogens is 1. The first-order chi connectivity index (χ1) is 19.4. The van der Waals surface area contributed by atoms with Gasteiger partial charge in [0.05, 0.1) is 6.61 Å². The Bertz CT molecular complexity index is 1430. The lowest BCUT2D eigenvalue weighted by Crippen LogP contribution is -2.48. The number of carbonyl (C=O) groups is 1. The van der Waals surface area contributed by atoms with Gasteiger partial charge in [-0.05, 0) is 56.9 Å². The number of carbonyl (C=O) groups excluding carboxylic acids is 1. The Labute approximate surface area is 240 Å². The number of aromatic amines is 1. The lowest BCUT2D eigenvalue weighted by molar-refractivity contribution is -0.152. The predicted molar refractivity (Wildman–Crippen MR) is 146 cm³/mol. The van der Waals surface area contributed by atoms with Gasteiger partial charge in [-0.25, -0.2) is 9.36 Å². The van der Waals surface area contributed by atoms with Gasteiger partial charge in [-0.3, -0.25) is 23.7 Å². The van der Waals surface area contributed by atoms with Crippen molar-refractivity contribution in [3.63, 3.8) is 0 Å². The third-order valence-electron chi connectivity index (χ3n) is 6.81. The van der Waals surface area contributed by atoms with Gasteiger partial charge in [0.15, 0.2) is 11.8 Å². The number of nitrogens with zero attached hydrogens (tertiary/aromatic N) is 1.